The fourth-order valence-electron chi connectivity index (χ4n) is 3.49. The highest BCUT2D eigenvalue weighted by Gasteiger charge is 2.40. The number of rotatable bonds is 4. The van der Waals surface area contributed by atoms with Crippen LogP contribution >= 0.6 is 11.3 Å². The van der Waals surface area contributed by atoms with Crippen molar-refractivity contribution in [1.29, 1.82) is 0 Å². The van der Waals surface area contributed by atoms with E-state index in [2.05, 4.69) is 0 Å². The van der Waals surface area contributed by atoms with E-state index in [4.69, 9.17) is 18.9 Å². The molecule has 0 N–H and O–H groups in total. The number of ether oxygens (including phenoxy) is 4. The van der Waals surface area contributed by atoms with Gasteiger partial charge in [-0.1, -0.05) is 0 Å². The molecule has 4 rings (SSSR count). The maximum Gasteiger partial charge on any atom is 0.337 e. The highest BCUT2D eigenvalue weighted by molar-refractivity contribution is 7.13. The molecular weight excluding hydrogens is 394 g/mol. The molecule has 29 heavy (non-hydrogen) atoms. The van der Waals surface area contributed by atoms with Crippen LogP contribution in [0.5, 0.6) is 5.75 Å². The second-order valence-electron chi connectivity index (χ2n) is 7.12. The van der Waals surface area contributed by atoms with Gasteiger partial charge >= 0.3 is 5.97 Å². The molecule has 7 nitrogen and oxygen atoms in total. The van der Waals surface area contributed by atoms with E-state index in [-0.39, 0.29) is 30.2 Å². The minimum absolute atomic E-state index is 0.0295. The molecule has 154 valence electrons. The molecule has 0 aliphatic carbocycles. The fourth-order valence-corrected chi connectivity index (χ4v) is 4.33. The molecule has 2 aliphatic rings. The zero-order valence-corrected chi connectivity index (χ0v) is 17.1. The van der Waals surface area contributed by atoms with Crippen molar-refractivity contribution in [2.45, 2.75) is 25.2 Å². The Labute approximate surface area is 173 Å². The molecule has 2 aliphatic heterocycles. The Hall–Kier alpha value is -2.42. The van der Waals surface area contributed by atoms with Crippen LogP contribution in [0, 0.1) is 6.92 Å². The Morgan fingerprint density at radius 3 is 2.24 bits per heavy atom. The summed E-state index contributed by atoms with van der Waals surface area (Å²) in [5.41, 5.74) is 0.466. The molecule has 0 radical (unpaired) electrons. The van der Waals surface area contributed by atoms with Crippen LogP contribution < -0.4 is 4.74 Å². The summed E-state index contributed by atoms with van der Waals surface area (Å²) in [5, 5.41) is 0. The van der Waals surface area contributed by atoms with Crippen molar-refractivity contribution in [3.63, 3.8) is 0 Å². The van der Waals surface area contributed by atoms with Gasteiger partial charge < -0.3 is 23.8 Å². The van der Waals surface area contributed by atoms with Crippen LogP contribution in [0.3, 0.4) is 0 Å². The lowest BCUT2D eigenvalue weighted by atomic mass is 10.2. The highest BCUT2D eigenvalue weighted by Crippen LogP contribution is 2.25. The summed E-state index contributed by atoms with van der Waals surface area (Å²) in [6, 6.07) is 10.6. The van der Waals surface area contributed by atoms with Gasteiger partial charge in [0, 0.05) is 18.0 Å². The Morgan fingerprint density at radius 1 is 1.03 bits per heavy atom. The molecule has 1 aromatic heterocycles. The van der Waals surface area contributed by atoms with Crippen molar-refractivity contribution in [3.8, 4) is 5.75 Å². The predicted octanol–water partition coefficient (Wildman–Crippen LogP) is 2.53. The highest BCUT2D eigenvalue weighted by atomic mass is 32.1. The average Bonchev–Trinajstić information content (AvgIpc) is 3.31. The first-order valence-electron chi connectivity index (χ1n) is 9.47. The van der Waals surface area contributed by atoms with E-state index >= 15 is 0 Å². The van der Waals surface area contributed by atoms with Gasteiger partial charge in [0.05, 0.1) is 30.8 Å². The lowest BCUT2D eigenvalue weighted by Crippen LogP contribution is -2.32. The largest absolute Gasteiger partial charge is 0.486 e. The second-order valence-corrected chi connectivity index (χ2v) is 8.41. The number of carbonyl (C=O) groups is 2. The van der Waals surface area contributed by atoms with Gasteiger partial charge in [-0.05, 0) is 43.3 Å². The van der Waals surface area contributed by atoms with Gasteiger partial charge in [0.2, 0.25) is 0 Å². The van der Waals surface area contributed by atoms with Crippen molar-refractivity contribution in [3.05, 3.63) is 51.7 Å². The molecule has 0 spiro atoms. The van der Waals surface area contributed by atoms with Crippen LogP contribution in [-0.4, -0.2) is 68.5 Å². The number of carbonyl (C=O) groups excluding carboxylic acids is 2. The van der Waals surface area contributed by atoms with Crippen molar-refractivity contribution >= 4 is 23.2 Å². The first-order chi connectivity index (χ1) is 14.0. The average molecular weight is 417 g/mol. The number of fused-ring (bicyclic) bond motifs is 1. The van der Waals surface area contributed by atoms with Gasteiger partial charge in [0.25, 0.3) is 5.91 Å². The van der Waals surface area contributed by atoms with E-state index in [0.717, 1.165) is 9.75 Å². The number of nitrogens with zero attached hydrogens (tertiary/aromatic N) is 1. The Bertz CT molecular complexity index is 864. The van der Waals surface area contributed by atoms with Crippen LogP contribution in [0.2, 0.25) is 0 Å². The topological polar surface area (TPSA) is 74.3 Å². The molecule has 0 saturated carbocycles. The van der Waals surface area contributed by atoms with Gasteiger partial charge in [0.15, 0.2) is 0 Å². The summed E-state index contributed by atoms with van der Waals surface area (Å²) in [6.45, 7) is 3.77. The minimum Gasteiger partial charge on any atom is -0.486 e. The van der Waals surface area contributed by atoms with Crippen LogP contribution in [-0.2, 0) is 14.2 Å². The number of amides is 1. The third kappa shape index (κ3) is 4.44. The molecule has 2 aromatic rings. The quantitative estimate of drug-likeness (QED) is 0.712. The van der Waals surface area contributed by atoms with Gasteiger partial charge in [-0.15, -0.1) is 11.3 Å². The maximum atomic E-state index is 12.7. The molecule has 2 fully saturated rings. The third-order valence-electron chi connectivity index (χ3n) is 5.02. The summed E-state index contributed by atoms with van der Waals surface area (Å²) in [5.74, 6) is 0.274. The van der Waals surface area contributed by atoms with Crippen LogP contribution in [0.1, 0.15) is 24.9 Å². The maximum absolute atomic E-state index is 12.7. The number of likely N-dealkylation sites (tertiary alicyclic amines) is 1. The normalized spacial score (nSPS) is 22.1. The number of benzene rings is 1. The molecule has 3 heterocycles. The van der Waals surface area contributed by atoms with Crippen molar-refractivity contribution < 1.29 is 28.5 Å². The first kappa shape index (κ1) is 19.9. The molecule has 0 unspecified atom stereocenters. The van der Waals surface area contributed by atoms with Gasteiger partial charge in [0.1, 0.15) is 24.1 Å². The van der Waals surface area contributed by atoms with Crippen LogP contribution in [0.4, 0.5) is 0 Å². The number of esters is 1. The van der Waals surface area contributed by atoms with E-state index in [1.54, 1.807) is 29.2 Å². The molecule has 0 bridgehead atoms. The van der Waals surface area contributed by atoms with Crippen LogP contribution in [0.25, 0.3) is 0 Å². The molecule has 2 atom stereocenters. The summed E-state index contributed by atoms with van der Waals surface area (Å²) in [7, 11) is 1.35. The number of hydrogen-bond acceptors (Lipinski definition) is 7. The van der Waals surface area contributed by atoms with E-state index < -0.39 is 0 Å². The Balaban J connectivity index is 1.31. The lowest BCUT2D eigenvalue weighted by molar-refractivity contribution is -0.00461. The van der Waals surface area contributed by atoms with E-state index in [1.807, 2.05) is 19.1 Å². The number of aryl methyl sites for hydroxylation is 1. The lowest BCUT2D eigenvalue weighted by Gasteiger charge is -2.19. The standard InChI is InChI=1S/C21H23NO6S/c1-13-3-8-19(29-13)20(23)22-9-17-18(10-22)27-12-16(11-26-17)28-15-6-4-14(5-7-15)21(24)25-2/h3-8,16-18H,9-12H2,1-2H3/t17-,18-/m0/s1. The number of methoxy groups -OCH3 is 1. The molecule has 1 amide bonds. The van der Waals surface area contributed by atoms with Crippen molar-refractivity contribution in [2.75, 3.05) is 33.4 Å². The molecule has 1 aromatic carbocycles. The van der Waals surface area contributed by atoms with Crippen LogP contribution in [0.15, 0.2) is 36.4 Å². The fraction of sp³-hybridized carbons (Fsp3) is 0.429. The first-order valence-corrected chi connectivity index (χ1v) is 10.3. The van der Waals surface area contributed by atoms with Gasteiger partial charge in [-0.3, -0.25) is 4.79 Å². The van der Waals surface area contributed by atoms with Gasteiger partial charge in [-0.2, -0.15) is 0 Å². The number of thiophene rings is 1. The Morgan fingerprint density at radius 2 is 1.69 bits per heavy atom. The number of hydrogen-bond donors (Lipinski definition) is 0. The summed E-state index contributed by atoms with van der Waals surface area (Å²) in [4.78, 5) is 27.8. The monoisotopic (exact) mass is 417 g/mol. The predicted molar refractivity (Wildman–Crippen MR) is 107 cm³/mol. The Kier molecular flexibility index (Phi) is 5.84. The molecule has 2 saturated heterocycles. The van der Waals surface area contributed by atoms with Gasteiger partial charge in [-0.25, -0.2) is 4.79 Å². The smallest absolute Gasteiger partial charge is 0.337 e. The van der Waals surface area contributed by atoms with Crippen molar-refractivity contribution in [2.24, 2.45) is 0 Å². The summed E-state index contributed by atoms with van der Waals surface area (Å²) >= 11 is 1.50. The zero-order valence-electron chi connectivity index (χ0n) is 16.3. The molecule has 8 heteroatoms. The second kappa shape index (κ2) is 8.52. The summed E-state index contributed by atoms with van der Waals surface area (Å²) in [6.07, 6.45) is -0.570. The SMILES string of the molecule is COC(=O)c1ccc(OC2CO[C@H]3CN(C(=O)c4ccc(C)s4)C[C@@H]3OC2)cc1. The molecular formula is C21H23NO6S. The van der Waals surface area contributed by atoms with Crippen molar-refractivity contribution in [1.82, 2.24) is 4.90 Å². The minimum atomic E-state index is -0.387. The zero-order chi connectivity index (χ0) is 20.4. The third-order valence-corrected chi connectivity index (χ3v) is 6.01. The van der Waals surface area contributed by atoms with E-state index in [0.29, 0.717) is 37.6 Å². The van der Waals surface area contributed by atoms with E-state index in [1.165, 1.54) is 18.4 Å². The summed E-state index contributed by atoms with van der Waals surface area (Å²) < 4.78 is 22.6. The van der Waals surface area contributed by atoms with E-state index in [9.17, 15) is 9.59 Å².